The van der Waals surface area contributed by atoms with Gasteiger partial charge in [0, 0.05) is 6.42 Å². The molecule has 0 spiro atoms. The van der Waals surface area contributed by atoms with E-state index in [1.54, 1.807) is 6.92 Å². The maximum absolute atomic E-state index is 12.2. The molecule has 0 amide bonds. The molecule has 0 aromatic carbocycles. The molecule has 0 saturated heterocycles. The van der Waals surface area contributed by atoms with Gasteiger partial charge in [-0.25, -0.2) is 0 Å². The van der Waals surface area contributed by atoms with E-state index in [9.17, 15) is 22.8 Å². The van der Waals surface area contributed by atoms with Crippen LogP contribution in [0.25, 0.3) is 0 Å². The quantitative estimate of drug-likeness (QED) is 0.526. The minimum absolute atomic E-state index is 0.266. The number of Topliss-reactive ketones (excluding diaryl/α,β-unsaturated/α-hetero) is 1. The van der Waals surface area contributed by atoms with E-state index in [-0.39, 0.29) is 12.8 Å². The Morgan fingerprint density at radius 1 is 1.36 bits per heavy atom. The number of hydrogen-bond acceptors (Lipinski definition) is 3. The van der Waals surface area contributed by atoms with Gasteiger partial charge in [-0.3, -0.25) is 9.59 Å². The molecule has 0 aromatic heterocycles. The van der Waals surface area contributed by atoms with Crippen molar-refractivity contribution in [1.82, 2.24) is 0 Å². The number of esters is 1. The Balaban J connectivity index is 4.73. The van der Waals surface area contributed by atoms with Crippen LogP contribution in [0.5, 0.6) is 0 Å². The minimum atomic E-state index is -4.86. The van der Waals surface area contributed by atoms with Crippen molar-refractivity contribution in [1.29, 1.82) is 0 Å². The van der Waals surface area contributed by atoms with E-state index >= 15 is 0 Å². The van der Waals surface area contributed by atoms with Crippen LogP contribution in [0.4, 0.5) is 13.2 Å². The van der Waals surface area contributed by atoms with E-state index in [4.69, 9.17) is 0 Å². The van der Waals surface area contributed by atoms with Gasteiger partial charge in [0.15, 0.2) is 5.78 Å². The monoisotopic (exact) mass is 212 g/mol. The molecule has 82 valence electrons. The molecule has 0 radical (unpaired) electrons. The lowest BCUT2D eigenvalue weighted by molar-refractivity contribution is -0.196. The summed E-state index contributed by atoms with van der Waals surface area (Å²) in [5.74, 6) is -5.32. The van der Waals surface area contributed by atoms with Crippen LogP contribution in [-0.4, -0.2) is 25.0 Å². The highest BCUT2D eigenvalue weighted by molar-refractivity contribution is 5.99. The SMILES string of the molecule is CCCC(=O)C(C(=O)OC)C(F)(F)F. The number of alkyl halides is 3. The molecular formula is C8H11F3O3. The number of carbonyl (C=O) groups is 2. The van der Waals surface area contributed by atoms with Crippen molar-refractivity contribution >= 4 is 11.8 Å². The van der Waals surface area contributed by atoms with E-state index in [1.807, 2.05) is 0 Å². The van der Waals surface area contributed by atoms with Crippen LogP contribution in [0.1, 0.15) is 19.8 Å². The molecular weight excluding hydrogens is 201 g/mol. The first-order valence-corrected chi connectivity index (χ1v) is 4.01. The Kier molecular flexibility index (Phi) is 4.59. The van der Waals surface area contributed by atoms with Crippen LogP contribution in [0.2, 0.25) is 0 Å². The maximum Gasteiger partial charge on any atom is 0.409 e. The molecule has 0 fully saturated rings. The molecule has 3 nitrogen and oxygen atoms in total. The zero-order chi connectivity index (χ0) is 11.4. The van der Waals surface area contributed by atoms with Gasteiger partial charge in [-0.1, -0.05) is 6.92 Å². The van der Waals surface area contributed by atoms with Crippen LogP contribution in [0.3, 0.4) is 0 Å². The van der Waals surface area contributed by atoms with Crippen LogP contribution in [0.15, 0.2) is 0 Å². The van der Waals surface area contributed by atoms with Crippen molar-refractivity contribution in [2.45, 2.75) is 25.9 Å². The number of ether oxygens (including phenoxy) is 1. The summed E-state index contributed by atoms with van der Waals surface area (Å²) in [7, 11) is 0.820. The van der Waals surface area contributed by atoms with Gasteiger partial charge < -0.3 is 4.74 Å². The third-order valence-corrected chi connectivity index (χ3v) is 1.58. The summed E-state index contributed by atoms with van der Waals surface area (Å²) in [5.41, 5.74) is 0. The molecule has 0 rings (SSSR count). The van der Waals surface area contributed by atoms with Gasteiger partial charge in [0.1, 0.15) is 0 Å². The summed E-state index contributed by atoms with van der Waals surface area (Å²) in [6, 6.07) is 0. The fourth-order valence-corrected chi connectivity index (χ4v) is 0.956. The van der Waals surface area contributed by atoms with Crippen LogP contribution in [0, 0.1) is 5.92 Å². The fourth-order valence-electron chi connectivity index (χ4n) is 0.956. The van der Waals surface area contributed by atoms with Gasteiger partial charge in [0.25, 0.3) is 0 Å². The molecule has 0 bridgehead atoms. The van der Waals surface area contributed by atoms with E-state index in [0.29, 0.717) is 0 Å². The largest absolute Gasteiger partial charge is 0.468 e. The Hall–Kier alpha value is -1.07. The summed E-state index contributed by atoms with van der Waals surface area (Å²) in [4.78, 5) is 21.7. The van der Waals surface area contributed by atoms with Crippen molar-refractivity contribution in [3.8, 4) is 0 Å². The van der Waals surface area contributed by atoms with Crippen molar-refractivity contribution in [2.24, 2.45) is 5.92 Å². The number of ketones is 1. The molecule has 0 heterocycles. The first-order chi connectivity index (χ1) is 6.34. The third kappa shape index (κ3) is 3.35. The third-order valence-electron chi connectivity index (χ3n) is 1.58. The highest BCUT2D eigenvalue weighted by atomic mass is 19.4. The number of rotatable bonds is 4. The summed E-state index contributed by atoms with van der Waals surface area (Å²) >= 11 is 0. The van der Waals surface area contributed by atoms with Crippen molar-refractivity contribution in [3.05, 3.63) is 0 Å². The predicted octanol–water partition coefficient (Wildman–Crippen LogP) is 1.71. The molecule has 0 N–H and O–H groups in total. The highest BCUT2D eigenvalue weighted by Crippen LogP contribution is 2.29. The first-order valence-electron chi connectivity index (χ1n) is 4.01. The van der Waals surface area contributed by atoms with Crippen molar-refractivity contribution < 1.29 is 27.5 Å². The zero-order valence-electron chi connectivity index (χ0n) is 7.85. The standard InChI is InChI=1S/C8H11F3O3/c1-3-4-5(12)6(7(13)14-2)8(9,10)11/h6H,3-4H2,1-2H3. The zero-order valence-corrected chi connectivity index (χ0v) is 7.85. The lowest BCUT2D eigenvalue weighted by Gasteiger charge is -2.16. The Labute approximate surface area is 79.2 Å². The van der Waals surface area contributed by atoms with Gasteiger partial charge in [0.05, 0.1) is 7.11 Å². The van der Waals surface area contributed by atoms with E-state index in [2.05, 4.69) is 4.74 Å². The summed E-state index contributed by atoms with van der Waals surface area (Å²) in [5, 5.41) is 0. The molecule has 0 aliphatic carbocycles. The molecule has 0 aliphatic heterocycles. The average Bonchev–Trinajstić information content (AvgIpc) is 2.02. The second kappa shape index (κ2) is 4.97. The average molecular weight is 212 g/mol. The number of carbonyl (C=O) groups excluding carboxylic acids is 2. The van der Waals surface area contributed by atoms with Gasteiger partial charge >= 0.3 is 12.1 Å². The van der Waals surface area contributed by atoms with Crippen LogP contribution >= 0.6 is 0 Å². The number of methoxy groups -OCH3 is 1. The van der Waals surface area contributed by atoms with Gasteiger partial charge in [0.2, 0.25) is 5.92 Å². The second-order valence-corrected chi connectivity index (χ2v) is 2.71. The number of halogens is 3. The van der Waals surface area contributed by atoms with Crippen LogP contribution < -0.4 is 0 Å². The second-order valence-electron chi connectivity index (χ2n) is 2.71. The lowest BCUT2D eigenvalue weighted by atomic mass is 10.0. The van der Waals surface area contributed by atoms with Crippen LogP contribution in [-0.2, 0) is 14.3 Å². The summed E-state index contributed by atoms with van der Waals surface area (Å²) < 4.78 is 40.6. The molecule has 1 atom stereocenters. The number of hydrogen-bond donors (Lipinski definition) is 0. The molecule has 1 unspecified atom stereocenters. The smallest absolute Gasteiger partial charge is 0.409 e. The molecule has 0 saturated carbocycles. The van der Waals surface area contributed by atoms with E-state index in [1.165, 1.54) is 0 Å². The minimum Gasteiger partial charge on any atom is -0.468 e. The normalized spacial score (nSPS) is 13.5. The van der Waals surface area contributed by atoms with Gasteiger partial charge in [-0.2, -0.15) is 13.2 Å². The Morgan fingerprint density at radius 2 is 1.86 bits per heavy atom. The maximum atomic E-state index is 12.2. The Bertz CT molecular complexity index is 222. The van der Waals surface area contributed by atoms with E-state index < -0.39 is 23.8 Å². The van der Waals surface area contributed by atoms with Gasteiger partial charge in [-0.05, 0) is 6.42 Å². The van der Waals surface area contributed by atoms with Gasteiger partial charge in [-0.15, -0.1) is 0 Å². The first kappa shape index (κ1) is 12.9. The molecule has 14 heavy (non-hydrogen) atoms. The predicted molar refractivity (Wildman–Crippen MR) is 41.5 cm³/mol. The topological polar surface area (TPSA) is 43.4 Å². The van der Waals surface area contributed by atoms with Crippen molar-refractivity contribution in [2.75, 3.05) is 7.11 Å². The summed E-state index contributed by atoms with van der Waals surface area (Å²) in [6.45, 7) is 1.56. The fraction of sp³-hybridized carbons (Fsp3) is 0.750. The molecule has 0 aliphatic rings. The Morgan fingerprint density at radius 3 is 2.14 bits per heavy atom. The van der Waals surface area contributed by atoms with E-state index in [0.717, 1.165) is 7.11 Å². The van der Waals surface area contributed by atoms with Crippen molar-refractivity contribution in [3.63, 3.8) is 0 Å². The highest BCUT2D eigenvalue weighted by Gasteiger charge is 2.50. The summed E-state index contributed by atoms with van der Waals surface area (Å²) in [6.07, 6.45) is -4.87. The lowest BCUT2D eigenvalue weighted by Crippen LogP contribution is -2.38. The molecule has 0 aromatic rings. The molecule has 6 heteroatoms.